The molecule has 78 heavy (non-hydrogen) atoms. The van der Waals surface area contributed by atoms with Crippen LogP contribution < -0.4 is 31.6 Å². The monoisotopic (exact) mass is 1080 g/mol. The number of carbonyl (C=O) groups excluding carboxylic acids is 7. The number of aromatic amines is 1. The van der Waals surface area contributed by atoms with Crippen LogP contribution >= 0.6 is 0 Å². The van der Waals surface area contributed by atoms with Gasteiger partial charge in [-0.05, 0) is 104 Å². The minimum atomic E-state index is -1.70. The highest BCUT2D eigenvalue weighted by Crippen LogP contribution is 2.25. The second-order valence-corrected chi connectivity index (χ2v) is 22.0. The number of benzene rings is 3. The molecule has 0 aliphatic carbocycles. The number of unbranched alkanes of at least 4 members (excludes halogenated alkanes) is 3. The van der Waals surface area contributed by atoms with Gasteiger partial charge in [0.25, 0.3) is 5.56 Å². The third-order valence-electron chi connectivity index (χ3n) is 11.4. The fraction of sp³-hybridized carbons (Fsp3) is 0.466. The van der Waals surface area contributed by atoms with Crippen LogP contribution in [0.25, 0.3) is 17.1 Å². The van der Waals surface area contributed by atoms with Crippen LogP contribution in [-0.2, 0) is 60.6 Å². The third-order valence-corrected chi connectivity index (χ3v) is 11.4. The van der Waals surface area contributed by atoms with Gasteiger partial charge in [-0.2, -0.15) is 0 Å². The van der Waals surface area contributed by atoms with Gasteiger partial charge >= 0.3 is 17.9 Å². The van der Waals surface area contributed by atoms with Crippen molar-refractivity contribution in [3.8, 4) is 22.8 Å². The number of aromatic nitrogens is 3. The lowest BCUT2D eigenvalue weighted by Gasteiger charge is -2.27. The van der Waals surface area contributed by atoms with E-state index in [0.29, 0.717) is 43.5 Å². The lowest BCUT2D eigenvalue weighted by Crippen LogP contribution is -2.58. The molecule has 0 spiro atoms. The normalized spacial score (nSPS) is 12.9. The Kier molecular flexibility index (Phi) is 21.4. The van der Waals surface area contributed by atoms with E-state index >= 15 is 4.39 Å². The molecule has 2 heterocycles. The molecule has 0 saturated heterocycles. The van der Waals surface area contributed by atoms with Crippen LogP contribution in [0.2, 0.25) is 0 Å². The molecule has 19 nitrogen and oxygen atoms in total. The number of esters is 3. The Labute approximate surface area is 454 Å². The zero-order chi connectivity index (χ0) is 57.4. The highest BCUT2D eigenvalue weighted by molar-refractivity contribution is 5.97. The largest absolute Gasteiger partial charge is 0.491 e. The van der Waals surface area contributed by atoms with Gasteiger partial charge in [0.1, 0.15) is 40.6 Å². The van der Waals surface area contributed by atoms with Crippen LogP contribution in [0.1, 0.15) is 137 Å². The molecule has 3 atom stereocenters. The van der Waals surface area contributed by atoms with E-state index in [1.54, 1.807) is 79.1 Å². The number of nitrogens with one attached hydrogen (secondary N) is 5. The molecule has 3 aromatic carbocycles. The molecule has 0 aromatic heterocycles. The summed E-state index contributed by atoms with van der Waals surface area (Å²) in [5.41, 5.74) is 1.15. The summed E-state index contributed by atoms with van der Waals surface area (Å²) in [7, 11) is 0. The maximum Gasteiger partial charge on any atom is 0.308 e. The smallest absolute Gasteiger partial charge is 0.308 e. The molecule has 0 fully saturated rings. The zero-order valence-corrected chi connectivity index (χ0v) is 46.3. The van der Waals surface area contributed by atoms with Gasteiger partial charge in [-0.1, -0.05) is 79.6 Å². The predicted octanol–water partition coefficient (Wildman–Crippen LogP) is 6.71. The first-order valence-electron chi connectivity index (χ1n) is 26.1. The van der Waals surface area contributed by atoms with E-state index in [1.165, 1.54) is 12.1 Å². The first-order chi connectivity index (χ1) is 36.6. The van der Waals surface area contributed by atoms with Gasteiger partial charge in [-0.15, -0.1) is 0 Å². The van der Waals surface area contributed by atoms with Gasteiger partial charge in [0.2, 0.25) is 23.6 Å². The topological polar surface area (TPSA) is 255 Å². The predicted molar refractivity (Wildman–Crippen MR) is 289 cm³/mol. The average molecular weight is 1080 g/mol. The first kappa shape index (κ1) is 61.0. The van der Waals surface area contributed by atoms with Gasteiger partial charge < -0.3 is 45.2 Å². The van der Waals surface area contributed by atoms with E-state index < -0.39 is 102 Å². The number of nitrogens with zero attached hydrogens (tertiary/aromatic N) is 2. The van der Waals surface area contributed by atoms with Crippen molar-refractivity contribution in [3.05, 3.63) is 124 Å². The number of hydrogen-bond donors (Lipinski definition) is 5. The Morgan fingerprint density at radius 3 is 1.67 bits per heavy atom. The fourth-order valence-electron chi connectivity index (χ4n) is 8.11. The lowest BCUT2D eigenvalue weighted by molar-refractivity contribution is -0.159. The van der Waals surface area contributed by atoms with Crippen LogP contribution in [0, 0.1) is 5.82 Å². The lowest BCUT2D eigenvalue weighted by atomic mass is 10.1. The fourth-order valence-corrected chi connectivity index (χ4v) is 8.11. The summed E-state index contributed by atoms with van der Waals surface area (Å²) in [5, 5.41) is 9.94. The first-order valence-corrected chi connectivity index (χ1v) is 26.1. The van der Waals surface area contributed by atoms with Crippen LogP contribution in [0.4, 0.5) is 4.39 Å². The number of fused-ring (bicyclic) bond motifs is 1. The van der Waals surface area contributed by atoms with Crippen molar-refractivity contribution in [1.82, 2.24) is 35.8 Å². The number of amides is 4. The van der Waals surface area contributed by atoms with Crippen LogP contribution in [0.15, 0.2) is 89.9 Å². The molecule has 4 amide bonds. The van der Waals surface area contributed by atoms with Crippen molar-refractivity contribution in [1.29, 1.82) is 0 Å². The Balaban J connectivity index is 1.16. The number of rotatable bonds is 25. The molecule has 20 heteroatoms. The minimum Gasteiger partial charge on any atom is -0.491 e. The molecule has 2 aliphatic rings. The summed E-state index contributed by atoms with van der Waals surface area (Å²) < 4.78 is 38.9. The summed E-state index contributed by atoms with van der Waals surface area (Å²) in [6.07, 6.45) is 2.68. The Morgan fingerprint density at radius 2 is 1.14 bits per heavy atom. The average Bonchev–Trinajstić information content (AvgIpc) is 3.72. The van der Waals surface area contributed by atoms with Crippen molar-refractivity contribution in [2.24, 2.45) is 0 Å². The van der Waals surface area contributed by atoms with Gasteiger partial charge in [0.15, 0.2) is 17.4 Å². The van der Waals surface area contributed by atoms with Crippen molar-refractivity contribution in [2.75, 3.05) is 13.2 Å². The molecule has 3 aromatic rings. The van der Waals surface area contributed by atoms with E-state index in [-0.39, 0.29) is 36.6 Å². The summed E-state index contributed by atoms with van der Waals surface area (Å²) in [5.74, 6) is -6.06. The minimum absolute atomic E-state index is 0.0509. The molecule has 0 unspecified atom stereocenters. The number of hydrogen-bond acceptors (Lipinski definition) is 13. The molecule has 420 valence electrons. The molecular formula is C58H74FN7O12. The quantitative estimate of drug-likeness (QED) is 0.0232. The summed E-state index contributed by atoms with van der Waals surface area (Å²) in [6, 6.07) is 19.4. The molecular weight excluding hydrogens is 1010 g/mol. The standard InChI is InChI=1S/C58H74FN7O12/c1-36(67)61-43(33-49(69)77-57(5,6)7)53(72)65-44(34-50(70)78-58(8,9)10)54(73)64-42(32-48(68)76-56(2,3)4)52(71)60-27-19-11-12-20-28-75-47-26-25-38(29-40(47)59)31-45-55(74)66-35-46(39-23-17-14-18-24-39)62-41(51(66)63-45)30-37-21-15-13-16-22-37/h13-18,21-26,29,35,42-44,62H,11-12,19-20,27-28,30-34H2,1-10H3,(H,60,71)(H,61,67)(H,64,73)(H,65,72)/t42-,43-,44-/m0/s1. The molecule has 2 aliphatic heterocycles. The van der Waals surface area contributed by atoms with Crippen molar-refractivity contribution in [3.63, 3.8) is 0 Å². The maximum absolute atomic E-state index is 15.4. The molecule has 0 bridgehead atoms. The SMILES string of the molecule is CC(=O)N[C@@H](CC(=O)OC(C)(C)C)C(=O)N[C@@H](CC(=O)OC(C)(C)C)C(=O)N[C@@H](CC(=O)OC(C)(C)C)C(=O)NCCCCCCOc1ccc(Cc2nc3c(Cc4ccccc4)[nH]c(-c4ccccc4)cn-3c2=O)cc1F. The molecule has 0 saturated carbocycles. The van der Waals surface area contributed by atoms with E-state index in [0.717, 1.165) is 29.4 Å². The third kappa shape index (κ3) is 20.2. The second kappa shape index (κ2) is 27.4. The van der Waals surface area contributed by atoms with E-state index in [9.17, 15) is 38.4 Å². The Morgan fingerprint density at radius 1 is 0.628 bits per heavy atom. The van der Waals surface area contributed by atoms with Crippen LogP contribution in [0.5, 0.6) is 5.75 Å². The number of carbonyl (C=O) groups is 7. The molecule has 0 radical (unpaired) electrons. The van der Waals surface area contributed by atoms with Gasteiger partial charge in [-0.3, -0.25) is 42.9 Å². The number of halogens is 1. The highest BCUT2D eigenvalue weighted by atomic mass is 19.1. The highest BCUT2D eigenvalue weighted by Gasteiger charge is 2.35. The summed E-state index contributed by atoms with van der Waals surface area (Å²) in [4.78, 5) is 114. The maximum atomic E-state index is 15.4. The number of imidazole rings is 1. The molecule has 5 rings (SSSR count). The van der Waals surface area contributed by atoms with E-state index in [2.05, 4.69) is 26.3 Å². The van der Waals surface area contributed by atoms with Crippen LogP contribution in [-0.4, -0.2) is 104 Å². The Hall–Kier alpha value is -7.90. The van der Waals surface area contributed by atoms with Gasteiger partial charge in [-0.25, -0.2) is 9.37 Å². The summed E-state index contributed by atoms with van der Waals surface area (Å²) in [6.45, 7) is 16.0. The second-order valence-electron chi connectivity index (χ2n) is 22.0. The van der Waals surface area contributed by atoms with Gasteiger partial charge in [0, 0.05) is 32.5 Å². The Bertz CT molecular complexity index is 2900. The van der Waals surface area contributed by atoms with E-state index in [4.69, 9.17) is 23.9 Å². The number of H-pyrrole nitrogens is 1. The van der Waals surface area contributed by atoms with Crippen molar-refractivity contribution in [2.45, 2.75) is 162 Å². The van der Waals surface area contributed by atoms with Crippen molar-refractivity contribution >= 4 is 41.5 Å². The zero-order valence-electron chi connectivity index (χ0n) is 46.3. The van der Waals surface area contributed by atoms with E-state index in [1.807, 2.05) is 60.7 Å². The van der Waals surface area contributed by atoms with Gasteiger partial charge in [0.05, 0.1) is 37.3 Å². The summed E-state index contributed by atoms with van der Waals surface area (Å²) >= 11 is 0. The number of ether oxygens (including phenoxy) is 4. The molecule has 5 N–H and O–H groups in total. The van der Waals surface area contributed by atoms with Crippen molar-refractivity contribution < 1.29 is 56.9 Å². The van der Waals surface area contributed by atoms with Crippen LogP contribution in [0.3, 0.4) is 0 Å².